The van der Waals surface area contributed by atoms with E-state index in [-0.39, 0.29) is 6.61 Å². The van der Waals surface area contributed by atoms with Crippen LogP contribution in [-0.4, -0.2) is 28.1 Å². The first-order valence-electron chi connectivity index (χ1n) is 2.16. The Bertz CT molecular complexity index is 73.7. The molecule has 1 unspecified atom stereocenters. The summed E-state index contributed by atoms with van der Waals surface area (Å²) in [5.41, 5.74) is 1.68. The largest absolute Gasteiger partial charge is 0.393 e. The smallest absolute Gasteiger partial charge is 0.0969 e. The summed E-state index contributed by atoms with van der Waals surface area (Å²) in [7, 11) is 0. The standard InChI is InChI=1S/C4H9NO3/c6-3-4(7)1-2-5-8/h1-2,4-8H,3H2/b2-1-. The molecule has 0 aromatic rings. The third-order valence-corrected chi connectivity index (χ3v) is 0.580. The highest BCUT2D eigenvalue weighted by atomic mass is 16.5. The lowest BCUT2D eigenvalue weighted by atomic mass is 10.4. The molecule has 4 nitrogen and oxygen atoms in total. The fraction of sp³-hybridized carbons (Fsp3) is 0.500. The van der Waals surface area contributed by atoms with Gasteiger partial charge in [-0.2, -0.15) is 0 Å². The van der Waals surface area contributed by atoms with Crippen LogP contribution in [0.4, 0.5) is 0 Å². The van der Waals surface area contributed by atoms with Crippen molar-refractivity contribution >= 4 is 0 Å². The highest BCUT2D eigenvalue weighted by Crippen LogP contribution is 1.79. The van der Waals surface area contributed by atoms with Gasteiger partial charge in [0.25, 0.3) is 0 Å². The molecule has 4 heteroatoms. The molecule has 8 heavy (non-hydrogen) atoms. The van der Waals surface area contributed by atoms with Crippen molar-refractivity contribution in [3.05, 3.63) is 12.3 Å². The van der Waals surface area contributed by atoms with Crippen LogP contribution in [-0.2, 0) is 0 Å². The lowest BCUT2D eigenvalue weighted by Crippen LogP contribution is -2.09. The van der Waals surface area contributed by atoms with Crippen molar-refractivity contribution in [3.8, 4) is 0 Å². The molecule has 4 N–H and O–H groups in total. The van der Waals surface area contributed by atoms with Gasteiger partial charge in [-0.05, 0) is 6.08 Å². The van der Waals surface area contributed by atoms with E-state index in [1.165, 1.54) is 6.08 Å². The van der Waals surface area contributed by atoms with Gasteiger partial charge in [0.2, 0.25) is 0 Å². The normalized spacial score (nSPS) is 14.4. The minimum absolute atomic E-state index is 0.335. The molecule has 1 atom stereocenters. The molecule has 0 aliphatic rings. The van der Waals surface area contributed by atoms with Crippen LogP contribution < -0.4 is 5.48 Å². The number of hydrogen-bond donors (Lipinski definition) is 4. The van der Waals surface area contributed by atoms with Gasteiger partial charge in [-0.15, -0.1) is 0 Å². The fourth-order valence-electron chi connectivity index (χ4n) is 0.215. The number of rotatable bonds is 3. The molecule has 0 bridgehead atoms. The quantitative estimate of drug-likeness (QED) is 0.353. The Labute approximate surface area is 47.0 Å². The molecule has 0 aliphatic heterocycles. The first-order chi connectivity index (χ1) is 3.81. The van der Waals surface area contributed by atoms with Crippen LogP contribution in [0, 0.1) is 0 Å². The van der Waals surface area contributed by atoms with Crippen molar-refractivity contribution in [2.45, 2.75) is 6.10 Å². The molecule has 0 aromatic carbocycles. The summed E-state index contributed by atoms with van der Waals surface area (Å²) in [6.45, 7) is -0.335. The van der Waals surface area contributed by atoms with E-state index in [9.17, 15) is 0 Å². The van der Waals surface area contributed by atoms with Gasteiger partial charge in [0.1, 0.15) is 0 Å². The van der Waals surface area contributed by atoms with Gasteiger partial charge in [-0.3, -0.25) is 10.7 Å². The van der Waals surface area contributed by atoms with Crippen LogP contribution in [0.2, 0.25) is 0 Å². The molecule has 0 amide bonds. The number of aliphatic hydroxyl groups excluding tert-OH is 2. The molecule has 0 radical (unpaired) electrons. The first-order valence-corrected chi connectivity index (χ1v) is 2.16. The molecule has 48 valence electrons. The lowest BCUT2D eigenvalue weighted by Gasteiger charge is -1.95. The minimum atomic E-state index is -0.894. The molecule has 0 saturated heterocycles. The maximum Gasteiger partial charge on any atom is 0.0969 e. The topological polar surface area (TPSA) is 72.7 Å². The molecular weight excluding hydrogens is 110 g/mol. The summed E-state index contributed by atoms with van der Waals surface area (Å²) >= 11 is 0. The summed E-state index contributed by atoms with van der Waals surface area (Å²) in [6, 6.07) is 0. The second kappa shape index (κ2) is 4.58. The van der Waals surface area contributed by atoms with Crippen LogP contribution in [0.5, 0.6) is 0 Å². The van der Waals surface area contributed by atoms with Crippen molar-refractivity contribution in [3.63, 3.8) is 0 Å². The zero-order valence-corrected chi connectivity index (χ0v) is 4.28. The van der Waals surface area contributed by atoms with Gasteiger partial charge < -0.3 is 10.2 Å². The van der Waals surface area contributed by atoms with Gasteiger partial charge in [-0.25, -0.2) is 0 Å². The zero-order valence-electron chi connectivity index (χ0n) is 4.28. The summed E-state index contributed by atoms with van der Waals surface area (Å²) in [5.74, 6) is 0. The molecule has 0 rings (SSSR count). The van der Waals surface area contributed by atoms with Crippen molar-refractivity contribution < 1.29 is 15.4 Å². The van der Waals surface area contributed by atoms with Crippen molar-refractivity contribution in [2.24, 2.45) is 0 Å². The number of nitrogens with one attached hydrogen (secondary N) is 1. The number of hydrogen-bond acceptors (Lipinski definition) is 4. The second-order valence-electron chi connectivity index (χ2n) is 1.24. The minimum Gasteiger partial charge on any atom is -0.393 e. The summed E-state index contributed by atoms with van der Waals surface area (Å²) < 4.78 is 0. The number of hydroxylamine groups is 1. The van der Waals surface area contributed by atoms with Crippen molar-refractivity contribution in [2.75, 3.05) is 6.61 Å². The lowest BCUT2D eigenvalue weighted by molar-refractivity contribution is 0.129. The van der Waals surface area contributed by atoms with E-state index >= 15 is 0 Å². The third kappa shape index (κ3) is 3.60. The molecule has 0 aromatic heterocycles. The SMILES string of the molecule is OCC(O)/C=C\NO. The van der Waals surface area contributed by atoms with Gasteiger partial charge in [0.15, 0.2) is 0 Å². The van der Waals surface area contributed by atoms with Crippen molar-refractivity contribution in [1.82, 2.24) is 5.48 Å². The molecule has 0 aliphatic carbocycles. The molecule has 0 saturated carbocycles. The Balaban J connectivity index is 3.21. The molecule has 0 fully saturated rings. The van der Waals surface area contributed by atoms with E-state index in [2.05, 4.69) is 0 Å². The van der Waals surface area contributed by atoms with Crippen molar-refractivity contribution in [1.29, 1.82) is 0 Å². The van der Waals surface area contributed by atoms with Crippen LogP contribution in [0.15, 0.2) is 12.3 Å². The van der Waals surface area contributed by atoms with E-state index in [4.69, 9.17) is 15.4 Å². The highest BCUT2D eigenvalue weighted by molar-refractivity contribution is 4.83. The van der Waals surface area contributed by atoms with Crippen LogP contribution in [0.25, 0.3) is 0 Å². The fourth-order valence-corrected chi connectivity index (χ4v) is 0.215. The third-order valence-electron chi connectivity index (χ3n) is 0.580. The van der Waals surface area contributed by atoms with Gasteiger partial charge in [0.05, 0.1) is 12.7 Å². The Morgan fingerprint density at radius 1 is 1.62 bits per heavy atom. The molecule has 0 heterocycles. The Morgan fingerprint density at radius 2 is 2.25 bits per heavy atom. The van der Waals surface area contributed by atoms with Crippen LogP contribution in [0.1, 0.15) is 0 Å². The predicted octanol–water partition coefficient (Wildman–Crippen LogP) is -1.17. The molecule has 0 spiro atoms. The highest BCUT2D eigenvalue weighted by Gasteiger charge is 1.90. The maximum atomic E-state index is 8.50. The average Bonchev–Trinajstić information content (AvgIpc) is 1.83. The maximum absolute atomic E-state index is 8.50. The first kappa shape index (κ1) is 7.42. The predicted molar refractivity (Wildman–Crippen MR) is 27.2 cm³/mol. The van der Waals surface area contributed by atoms with E-state index in [0.717, 1.165) is 6.20 Å². The Hall–Kier alpha value is -0.580. The monoisotopic (exact) mass is 119 g/mol. The molecular formula is C4H9NO3. The summed E-state index contributed by atoms with van der Waals surface area (Å²) in [4.78, 5) is 0. The summed E-state index contributed by atoms with van der Waals surface area (Å²) in [6.07, 6.45) is 1.45. The van der Waals surface area contributed by atoms with E-state index < -0.39 is 6.10 Å². The summed E-state index contributed by atoms with van der Waals surface area (Å²) in [5, 5.41) is 24.5. The van der Waals surface area contributed by atoms with Gasteiger partial charge in [-0.1, -0.05) is 0 Å². The van der Waals surface area contributed by atoms with E-state index in [1.807, 2.05) is 0 Å². The van der Waals surface area contributed by atoms with Gasteiger partial charge >= 0.3 is 0 Å². The Kier molecular flexibility index (Phi) is 4.24. The number of aliphatic hydroxyl groups is 2. The van der Waals surface area contributed by atoms with Crippen LogP contribution in [0.3, 0.4) is 0 Å². The second-order valence-corrected chi connectivity index (χ2v) is 1.24. The Morgan fingerprint density at radius 3 is 2.62 bits per heavy atom. The average molecular weight is 119 g/mol. The van der Waals surface area contributed by atoms with Crippen LogP contribution >= 0.6 is 0 Å². The van der Waals surface area contributed by atoms with Gasteiger partial charge in [0, 0.05) is 6.20 Å². The van der Waals surface area contributed by atoms with E-state index in [1.54, 1.807) is 5.48 Å². The van der Waals surface area contributed by atoms with E-state index in [0.29, 0.717) is 0 Å². The zero-order chi connectivity index (χ0) is 6.41.